The number of methoxy groups -OCH3 is 2. The Bertz CT molecular complexity index is 705. The number of benzene rings is 1. The van der Waals surface area contributed by atoms with Crippen molar-refractivity contribution in [3.05, 3.63) is 45.1 Å². The van der Waals surface area contributed by atoms with Gasteiger partial charge in [-0.1, -0.05) is 11.6 Å². The summed E-state index contributed by atoms with van der Waals surface area (Å²) in [7, 11) is 3.01. The molecule has 21 heavy (non-hydrogen) atoms. The summed E-state index contributed by atoms with van der Waals surface area (Å²) in [5, 5.41) is 11.6. The number of nitriles is 1. The third kappa shape index (κ3) is 3.18. The molecule has 0 fully saturated rings. The molecule has 0 radical (unpaired) electrons. The van der Waals surface area contributed by atoms with Gasteiger partial charge < -0.3 is 9.47 Å². The number of nitrogens with zero attached hydrogens (tertiary/aromatic N) is 1. The van der Waals surface area contributed by atoms with Gasteiger partial charge in [0.1, 0.15) is 17.4 Å². The Kier molecular flexibility index (Phi) is 4.84. The van der Waals surface area contributed by atoms with Crippen molar-refractivity contribution in [1.82, 2.24) is 0 Å². The molecule has 1 unspecified atom stereocenters. The number of halogens is 1. The van der Waals surface area contributed by atoms with Crippen LogP contribution in [0.2, 0.25) is 5.02 Å². The minimum atomic E-state index is -0.970. The smallest absolute Gasteiger partial charge is 0.194 e. The maximum Gasteiger partial charge on any atom is 0.194 e. The Labute approximate surface area is 131 Å². The van der Waals surface area contributed by atoms with Crippen LogP contribution in [0.25, 0.3) is 0 Å². The maximum atomic E-state index is 12.5. The lowest BCUT2D eigenvalue weighted by atomic mass is 9.94. The second-order valence-electron chi connectivity index (χ2n) is 4.16. The molecule has 0 bridgehead atoms. The van der Waals surface area contributed by atoms with Crippen molar-refractivity contribution >= 4 is 28.7 Å². The van der Waals surface area contributed by atoms with Crippen LogP contribution < -0.4 is 9.47 Å². The molecule has 108 valence electrons. The summed E-state index contributed by atoms with van der Waals surface area (Å²) in [5.74, 6) is -0.214. The molecule has 0 N–H and O–H groups in total. The van der Waals surface area contributed by atoms with Gasteiger partial charge in [-0.2, -0.15) is 5.26 Å². The van der Waals surface area contributed by atoms with E-state index >= 15 is 0 Å². The molecular weight excluding hydrogens is 310 g/mol. The number of hydrogen-bond acceptors (Lipinski definition) is 5. The number of ketones is 1. The fourth-order valence-electron chi connectivity index (χ4n) is 1.90. The average molecular weight is 322 g/mol. The standard InChI is InChI=1S/C15H12ClNO3S/c1-19-10-6-14(21-8-10)15(18)12(7-17)11-5-9(16)3-4-13(11)20-2/h3-6,8,12H,1-2H3. The topological polar surface area (TPSA) is 59.3 Å². The van der Waals surface area contributed by atoms with Crippen molar-refractivity contribution in [2.24, 2.45) is 0 Å². The zero-order valence-electron chi connectivity index (χ0n) is 11.4. The number of ether oxygens (including phenoxy) is 2. The lowest BCUT2D eigenvalue weighted by Gasteiger charge is -2.12. The van der Waals surface area contributed by atoms with Gasteiger partial charge in [0, 0.05) is 22.0 Å². The van der Waals surface area contributed by atoms with E-state index < -0.39 is 5.92 Å². The Balaban J connectivity index is 2.42. The maximum absolute atomic E-state index is 12.5. The highest BCUT2D eigenvalue weighted by Gasteiger charge is 2.26. The molecule has 2 aromatic rings. The molecule has 0 saturated carbocycles. The third-order valence-corrected chi connectivity index (χ3v) is 4.11. The zero-order chi connectivity index (χ0) is 15.4. The molecule has 0 aliphatic heterocycles. The van der Waals surface area contributed by atoms with Gasteiger partial charge in [0.25, 0.3) is 0 Å². The number of Topliss-reactive ketones (excluding diaryl/α,β-unsaturated/α-hetero) is 1. The molecular formula is C15H12ClNO3S. The summed E-state index contributed by atoms with van der Waals surface area (Å²) >= 11 is 7.20. The zero-order valence-corrected chi connectivity index (χ0v) is 13.0. The molecule has 1 aromatic heterocycles. The van der Waals surface area contributed by atoms with Crippen molar-refractivity contribution in [3.8, 4) is 17.6 Å². The Morgan fingerprint density at radius 1 is 1.33 bits per heavy atom. The van der Waals surface area contributed by atoms with E-state index in [-0.39, 0.29) is 5.78 Å². The van der Waals surface area contributed by atoms with Crippen LogP contribution in [0.15, 0.2) is 29.6 Å². The molecule has 6 heteroatoms. The fourth-order valence-corrected chi connectivity index (χ4v) is 2.90. The molecule has 0 amide bonds. The fraction of sp³-hybridized carbons (Fsp3) is 0.200. The van der Waals surface area contributed by atoms with Gasteiger partial charge in [-0.25, -0.2) is 0 Å². The normalized spacial score (nSPS) is 11.5. The van der Waals surface area contributed by atoms with Crippen LogP contribution in [-0.2, 0) is 0 Å². The van der Waals surface area contributed by atoms with E-state index in [1.165, 1.54) is 25.6 Å². The largest absolute Gasteiger partial charge is 0.496 e. The van der Waals surface area contributed by atoms with Gasteiger partial charge >= 0.3 is 0 Å². The summed E-state index contributed by atoms with van der Waals surface area (Å²) in [6, 6.07) is 8.52. The van der Waals surface area contributed by atoms with Gasteiger partial charge in [-0.05, 0) is 18.2 Å². The molecule has 0 aliphatic rings. The highest BCUT2D eigenvalue weighted by molar-refractivity contribution is 7.12. The molecule has 0 saturated heterocycles. The number of carbonyl (C=O) groups is 1. The molecule has 1 aromatic carbocycles. The monoisotopic (exact) mass is 321 g/mol. The minimum absolute atomic E-state index is 0.300. The van der Waals surface area contributed by atoms with E-state index in [0.29, 0.717) is 27.0 Å². The van der Waals surface area contributed by atoms with Crippen molar-refractivity contribution in [3.63, 3.8) is 0 Å². The lowest BCUT2D eigenvalue weighted by Crippen LogP contribution is -2.11. The van der Waals surface area contributed by atoms with Crippen LogP contribution in [0.1, 0.15) is 21.2 Å². The number of rotatable bonds is 5. The average Bonchev–Trinajstić information content (AvgIpc) is 2.97. The van der Waals surface area contributed by atoms with E-state index in [1.807, 2.05) is 6.07 Å². The first-order valence-corrected chi connectivity index (χ1v) is 7.26. The second kappa shape index (κ2) is 6.61. The molecule has 1 heterocycles. The van der Waals surface area contributed by atoms with Crippen LogP contribution in [0, 0.1) is 11.3 Å². The first-order chi connectivity index (χ1) is 10.1. The predicted molar refractivity (Wildman–Crippen MR) is 81.6 cm³/mol. The Hall–Kier alpha value is -2.03. The summed E-state index contributed by atoms with van der Waals surface area (Å²) in [5.41, 5.74) is 0.463. The van der Waals surface area contributed by atoms with E-state index in [2.05, 4.69) is 0 Å². The molecule has 0 aliphatic carbocycles. The molecule has 4 nitrogen and oxygen atoms in total. The van der Waals surface area contributed by atoms with E-state index in [4.69, 9.17) is 21.1 Å². The predicted octanol–water partition coefficient (Wildman–Crippen LogP) is 3.91. The number of carbonyl (C=O) groups excluding carboxylic acids is 1. The van der Waals surface area contributed by atoms with Crippen LogP contribution in [0.4, 0.5) is 0 Å². The summed E-state index contributed by atoms with van der Waals surface area (Å²) in [6.07, 6.45) is 0. The van der Waals surface area contributed by atoms with Crippen molar-refractivity contribution in [2.75, 3.05) is 14.2 Å². The van der Waals surface area contributed by atoms with Crippen molar-refractivity contribution in [2.45, 2.75) is 5.92 Å². The minimum Gasteiger partial charge on any atom is -0.496 e. The van der Waals surface area contributed by atoms with Crippen LogP contribution >= 0.6 is 22.9 Å². The summed E-state index contributed by atoms with van der Waals surface area (Å²) in [4.78, 5) is 13.0. The number of thiophene rings is 1. The van der Waals surface area contributed by atoms with E-state index in [1.54, 1.807) is 29.6 Å². The van der Waals surface area contributed by atoms with Gasteiger partial charge in [-0.3, -0.25) is 4.79 Å². The second-order valence-corrected chi connectivity index (χ2v) is 5.51. The highest BCUT2D eigenvalue weighted by Crippen LogP contribution is 2.33. The molecule has 0 spiro atoms. The first-order valence-electron chi connectivity index (χ1n) is 6.00. The highest BCUT2D eigenvalue weighted by atomic mass is 35.5. The SMILES string of the molecule is COc1csc(C(=O)C(C#N)c2cc(Cl)ccc2OC)c1. The number of hydrogen-bond donors (Lipinski definition) is 0. The molecule has 2 rings (SSSR count). The van der Waals surface area contributed by atoms with E-state index in [9.17, 15) is 10.1 Å². The van der Waals surface area contributed by atoms with Crippen molar-refractivity contribution < 1.29 is 14.3 Å². The van der Waals surface area contributed by atoms with Gasteiger partial charge in [0.2, 0.25) is 0 Å². The van der Waals surface area contributed by atoms with Crippen LogP contribution in [0.3, 0.4) is 0 Å². The van der Waals surface area contributed by atoms with E-state index in [0.717, 1.165) is 0 Å². The van der Waals surface area contributed by atoms with Crippen LogP contribution in [0.5, 0.6) is 11.5 Å². The third-order valence-electron chi connectivity index (χ3n) is 2.95. The first kappa shape index (κ1) is 15.4. The molecule has 1 atom stereocenters. The van der Waals surface area contributed by atoms with Gasteiger partial charge in [0.05, 0.1) is 25.2 Å². The van der Waals surface area contributed by atoms with Crippen molar-refractivity contribution in [1.29, 1.82) is 5.26 Å². The van der Waals surface area contributed by atoms with Gasteiger partial charge in [0.15, 0.2) is 5.78 Å². The quantitative estimate of drug-likeness (QED) is 0.783. The Morgan fingerprint density at radius 2 is 2.10 bits per heavy atom. The lowest BCUT2D eigenvalue weighted by molar-refractivity contribution is 0.0981. The Morgan fingerprint density at radius 3 is 2.67 bits per heavy atom. The summed E-state index contributed by atoms with van der Waals surface area (Å²) in [6.45, 7) is 0. The van der Waals surface area contributed by atoms with Crippen LogP contribution in [-0.4, -0.2) is 20.0 Å². The van der Waals surface area contributed by atoms with Gasteiger partial charge in [-0.15, -0.1) is 11.3 Å². The summed E-state index contributed by atoms with van der Waals surface area (Å²) < 4.78 is 10.3.